The van der Waals surface area contributed by atoms with E-state index >= 15 is 0 Å². The highest BCUT2D eigenvalue weighted by Gasteiger charge is 2.34. The van der Waals surface area contributed by atoms with Crippen molar-refractivity contribution >= 4 is 28.4 Å². The molecule has 0 saturated heterocycles. The summed E-state index contributed by atoms with van der Waals surface area (Å²) in [6, 6.07) is 7.00. The third-order valence-electron chi connectivity index (χ3n) is 4.62. The molecule has 1 aromatic carbocycles. The lowest BCUT2D eigenvalue weighted by Gasteiger charge is -2.19. The van der Waals surface area contributed by atoms with E-state index in [-0.39, 0.29) is 17.7 Å². The van der Waals surface area contributed by atoms with Crippen LogP contribution in [0.1, 0.15) is 37.6 Å². The summed E-state index contributed by atoms with van der Waals surface area (Å²) in [5.41, 5.74) is 1.20. The topological polar surface area (TPSA) is 84.7 Å². The maximum Gasteiger partial charge on any atom is 0.434 e. The molecule has 0 aliphatic rings. The quantitative estimate of drug-likeness (QED) is 0.459. The molecule has 3 aromatic rings. The Morgan fingerprint density at radius 3 is 2.33 bits per heavy atom. The van der Waals surface area contributed by atoms with Gasteiger partial charge in [0.1, 0.15) is 11.6 Å². The highest BCUT2D eigenvalue weighted by molar-refractivity contribution is 7.84. The van der Waals surface area contributed by atoms with Gasteiger partial charge in [-0.05, 0) is 37.9 Å². The maximum atomic E-state index is 12.9. The second kappa shape index (κ2) is 9.78. The molecule has 2 aromatic heterocycles. The Bertz CT molecular complexity index is 1140. The first kappa shape index (κ1) is 25.1. The van der Waals surface area contributed by atoms with Crippen molar-refractivity contribution in [3.8, 4) is 11.4 Å². The largest absolute Gasteiger partial charge is 0.434 e. The van der Waals surface area contributed by atoms with E-state index in [1.807, 2.05) is 20.8 Å². The van der Waals surface area contributed by atoms with E-state index in [1.165, 1.54) is 11.6 Å². The predicted octanol–water partition coefficient (Wildman–Crippen LogP) is 4.71. The summed E-state index contributed by atoms with van der Waals surface area (Å²) in [5, 5.41) is 3.26. The fraction of sp³-hybridized carbons (Fsp3) is 0.381. The van der Waals surface area contributed by atoms with Gasteiger partial charge < -0.3 is 9.88 Å². The van der Waals surface area contributed by atoms with Gasteiger partial charge in [-0.15, -0.1) is 0 Å². The van der Waals surface area contributed by atoms with Crippen molar-refractivity contribution in [2.24, 2.45) is 7.05 Å². The summed E-state index contributed by atoms with van der Waals surface area (Å²) in [7, 11) is 0.259. The number of aromatic nitrogens is 4. The number of anilines is 1. The third kappa shape index (κ3) is 6.52. The van der Waals surface area contributed by atoms with Gasteiger partial charge >= 0.3 is 6.18 Å². The Morgan fingerprint density at radius 2 is 1.76 bits per heavy atom. The molecular weight excluding hydrogens is 477 g/mol. The van der Waals surface area contributed by atoms with Crippen LogP contribution in [0.2, 0.25) is 5.28 Å². The second-order valence-electron chi connectivity index (χ2n) is 8.32. The number of hydrogen-bond acceptors (Lipinski definition) is 5. The molecule has 12 heteroatoms. The molecule has 0 bridgehead atoms. The number of nitrogens with zero attached hydrogens (tertiary/aromatic N) is 4. The summed E-state index contributed by atoms with van der Waals surface area (Å²) in [6.07, 6.45) is -1.97. The summed E-state index contributed by atoms with van der Waals surface area (Å²) < 4.78 is 54.9. The molecule has 0 fully saturated rings. The number of imidazole rings is 1. The van der Waals surface area contributed by atoms with E-state index in [0.29, 0.717) is 23.5 Å². The van der Waals surface area contributed by atoms with Crippen LogP contribution in [0.3, 0.4) is 0 Å². The van der Waals surface area contributed by atoms with Gasteiger partial charge in [0.15, 0.2) is 5.69 Å². The molecule has 178 valence electrons. The van der Waals surface area contributed by atoms with E-state index in [2.05, 4.69) is 25.0 Å². The van der Waals surface area contributed by atoms with Crippen LogP contribution in [0.15, 0.2) is 36.7 Å². The number of rotatable bonds is 7. The lowest BCUT2D eigenvalue weighted by molar-refractivity contribution is -0.140. The van der Waals surface area contributed by atoms with E-state index in [1.54, 1.807) is 30.5 Å². The van der Waals surface area contributed by atoms with Crippen LogP contribution in [0.25, 0.3) is 11.4 Å². The van der Waals surface area contributed by atoms with Gasteiger partial charge in [-0.1, -0.05) is 24.3 Å². The van der Waals surface area contributed by atoms with Crippen LogP contribution in [0.4, 0.5) is 19.0 Å². The third-order valence-corrected chi connectivity index (χ3v) is 6.32. The van der Waals surface area contributed by atoms with E-state index in [0.717, 1.165) is 11.8 Å². The van der Waals surface area contributed by atoms with Crippen molar-refractivity contribution in [1.29, 1.82) is 0 Å². The monoisotopic (exact) mass is 500 g/mol. The number of alkyl halides is 3. The molecule has 33 heavy (non-hydrogen) atoms. The predicted molar refractivity (Wildman–Crippen MR) is 123 cm³/mol. The minimum Gasteiger partial charge on any atom is -0.366 e. The standard InChI is InChI=1S/C21H24ClF3N6OS/c1-20(2,3)33(32)28-11-15-10-27-19(22)30-17(15)26-9-13-5-7-14(8-6-13)18-29-16(12-31(18)4)21(23,24)25/h5-8,10,12,28H,9,11H2,1-4H3,(H,26,27,30). The van der Waals surface area contributed by atoms with Crippen molar-refractivity contribution in [3.05, 3.63) is 58.8 Å². The molecule has 0 aliphatic carbocycles. The molecule has 0 radical (unpaired) electrons. The van der Waals surface area contributed by atoms with Crippen LogP contribution in [-0.2, 0) is 37.3 Å². The Morgan fingerprint density at radius 1 is 1.09 bits per heavy atom. The fourth-order valence-corrected chi connectivity index (χ4v) is 3.71. The number of nitrogens with one attached hydrogen (secondary N) is 2. The minimum atomic E-state index is -4.50. The van der Waals surface area contributed by atoms with Crippen LogP contribution < -0.4 is 10.0 Å². The van der Waals surface area contributed by atoms with Gasteiger partial charge in [0.2, 0.25) is 5.28 Å². The molecule has 0 spiro atoms. The average Bonchev–Trinajstić information content (AvgIpc) is 3.13. The van der Waals surface area contributed by atoms with Crippen molar-refractivity contribution < 1.29 is 17.4 Å². The lowest BCUT2D eigenvalue weighted by Crippen LogP contribution is -2.33. The molecule has 0 saturated carbocycles. The van der Waals surface area contributed by atoms with Crippen molar-refractivity contribution in [1.82, 2.24) is 24.2 Å². The summed E-state index contributed by atoms with van der Waals surface area (Å²) in [4.78, 5) is 11.9. The van der Waals surface area contributed by atoms with Crippen molar-refractivity contribution in [3.63, 3.8) is 0 Å². The zero-order valence-electron chi connectivity index (χ0n) is 18.5. The molecule has 1 atom stereocenters. The first-order valence-corrected chi connectivity index (χ1v) is 11.5. The Labute approximate surface area is 197 Å². The minimum absolute atomic E-state index is 0.0730. The smallest absolute Gasteiger partial charge is 0.366 e. The van der Waals surface area contributed by atoms with Gasteiger partial charge in [-0.25, -0.2) is 23.9 Å². The van der Waals surface area contributed by atoms with E-state index < -0.39 is 27.6 Å². The normalized spacial score (nSPS) is 13.2. The number of hydrogen-bond donors (Lipinski definition) is 2. The maximum absolute atomic E-state index is 12.9. The number of aryl methyl sites for hydroxylation is 1. The van der Waals surface area contributed by atoms with Crippen LogP contribution in [0.5, 0.6) is 0 Å². The number of benzene rings is 1. The molecule has 1 unspecified atom stereocenters. The van der Waals surface area contributed by atoms with E-state index in [4.69, 9.17) is 11.6 Å². The summed E-state index contributed by atoms with van der Waals surface area (Å²) in [5.74, 6) is 0.723. The Balaban J connectivity index is 1.70. The van der Waals surface area contributed by atoms with Gasteiger partial charge in [0, 0.05) is 43.7 Å². The zero-order valence-corrected chi connectivity index (χ0v) is 20.1. The second-order valence-corrected chi connectivity index (χ2v) is 10.7. The zero-order chi connectivity index (χ0) is 24.4. The SMILES string of the molecule is Cn1cc(C(F)(F)F)nc1-c1ccc(CNc2nc(Cl)ncc2CNS(=O)C(C)(C)C)cc1. The molecule has 3 rings (SSSR count). The Kier molecular flexibility index (Phi) is 7.45. The first-order chi connectivity index (χ1) is 15.3. The average molecular weight is 501 g/mol. The summed E-state index contributed by atoms with van der Waals surface area (Å²) in [6.45, 7) is 6.27. The van der Waals surface area contributed by atoms with Crippen LogP contribution in [0, 0.1) is 0 Å². The molecule has 7 nitrogen and oxygen atoms in total. The molecule has 0 amide bonds. The molecule has 2 N–H and O–H groups in total. The first-order valence-electron chi connectivity index (χ1n) is 9.95. The van der Waals surface area contributed by atoms with Crippen LogP contribution >= 0.6 is 11.6 Å². The highest BCUT2D eigenvalue weighted by atomic mass is 35.5. The highest BCUT2D eigenvalue weighted by Crippen LogP contribution is 2.30. The fourth-order valence-electron chi connectivity index (χ4n) is 2.86. The van der Waals surface area contributed by atoms with E-state index in [9.17, 15) is 17.4 Å². The van der Waals surface area contributed by atoms with Gasteiger partial charge in [0.05, 0.1) is 15.7 Å². The van der Waals surface area contributed by atoms with Crippen LogP contribution in [-0.4, -0.2) is 28.5 Å². The van der Waals surface area contributed by atoms with Gasteiger partial charge in [0.25, 0.3) is 0 Å². The van der Waals surface area contributed by atoms with Crippen molar-refractivity contribution in [2.45, 2.75) is 44.8 Å². The molecule has 0 aliphatic heterocycles. The Hall–Kier alpha value is -2.50. The van der Waals surface area contributed by atoms with Gasteiger partial charge in [-0.3, -0.25) is 0 Å². The van der Waals surface area contributed by atoms with Crippen molar-refractivity contribution in [2.75, 3.05) is 5.32 Å². The molecule has 2 heterocycles. The lowest BCUT2D eigenvalue weighted by atomic mass is 10.1. The van der Waals surface area contributed by atoms with Gasteiger partial charge in [-0.2, -0.15) is 13.2 Å². The number of halogens is 4. The molecular formula is C21H24ClF3N6OS. The summed E-state index contributed by atoms with van der Waals surface area (Å²) >= 11 is 5.94.